The summed E-state index contributed by atoms with van der Waals surface area (Å²) in [6.45, 7) is 32.8. The van der Waals surface area contributed by atoms with Crippen molar-refractivity contribution < 1.29 is 24.0 Å². The average molecular weight is 674 g/mol. The van der Waals surface area contributed by atoms with Crippen LogP contribution >= 0.6 is 0 Å². The summed E-state index contributed by atoms with van der Waals surface area (Å²) in [6.07, 6.45) is 12.0. The maximum absolute atomic E-state index is 12.5. The van der Waals surface area contributed by atoms with Crippen molar-refractivity contribution in [1.82, 2.24) is 5.06 Å². The Kier molecular flexibility index (Phi) is 11.0. The van der Waals surface area contributed by atoms with Crippen molar-refractivity contribution in [2.45, 2.75) is 161 Å². The Hall–Kier alpha value is -1.04. The molecule has 1 amide bonds. The van der Waals surface area contributed by atoms with E-state index in [1.54, 1.807) is 0 Å². The molecule has 8 heteroatoms. The van der Waals surface area contributed by atoms with Crippen LogP contribution in [0.3, 0.4) is 0 Å². The van der Waals surface area contributed by atoms with Gasteiger partial charge in [0.1, 0.15) is 0 Å². The van der Waals surface area contributed by atoms with Crippen molar-refractivity contribution in [3.05, 3.63) is 35.5 Å². The van der Waals surface area contributed by atoms with Crippen LogP contribution in [0.4, 0.5) is 0 Å². The van der Waals surface area contributed by atoms with E-state index in [2.05, 4.69) is 100 Å². The highest BCUT2D eigenvalue weighted by Crippen LogP contribution is 2.60. The number of hydroxylamine groups is 2. The molecule has 3 saturated carbocycles. The van der Waals surface area contributed by atoms with Gasteiger partial charge in [-0.25, -0.2) is 5.06 Å². The lowest BCUT2D eigenvalue weighted by Crippen LogP contribution is -2.49. The van der Waals surface area contributed by atoms with Gasteiger partial charge in [-0.1, -0.05) is 79.7 Å². The largest absolute Gasteiger partial charge is 0.413 e. The first kappa shape index (κ1) is 37.8. The Balaban J connectivity index is 1.59. The quantitative estimate of drug-likeness (QED) is 0.198. The number of allylic oxidation sites excluding steroid dienone is 3. The van der Waals surface area contributed by atoms with E-state index in [-0.39, 0.29) is 39.5 Å². The topological polar surface area (TPSA) is 79.2 Å². The van der Waals surface area contributed by atoms with Gasteiger partial charge in [0.2, 0.25) is 0 Å². The molecule has 1 heterocycles. The minimum Gasteiger partial charge on any atom is -0.413 e. The number of hydrogen-bond acceptors (Lipinski definition) is 5. The fourth-order valence-electron chi connectivity index (χ4n) is 8.52. The monoisotopic (exact) mass is 673 g/mol. The number of amides is 1. The van der Waals surface area contributed by atoms with E-state index >= 15 is 0 Å². The summed E-state index contributed by atoms with van der Waals surface area (Å²) in [5.41, 5.74) is 4.00. The molecule has 2 N–H and O–H groups in total. The Morgan fingerprint density at radius 2 is 1.61 bits per heavy atom. The molecule has 4 rings (SSSR count). The van der Waals surface area contributed by atoms with Crippen molar-refractivity contribution in [3.63, 3.8) is 0 Å². The molecule has 0 aromatic carbocycles. The van der Waals surface area contributed by atoms with Crippen LogP contribution < -0.4 is 0 Å². The van der Waals surface area contributed by atoms with Gasteiger partial charge in [-0.15, -0.1) is 0 Å². The molecule has 3 unspecified atom stereocenters. The first-order valence-electron chi connectivity index (χ1n) is 18.1. The molecular weight excluding hydrogens is 607 g/mol. The second-order valence-corrected chi connectivity index (χ2v) is 28.1. The molecule has 1 saturated heterocycles. The molecule has 1 aliphatic heterocycles. The summed E-state index contributed by atoms with van der Waals surface area (Å²) in [6, 6.07) is 0. The van der Waals surface area contributed by atoms with Crippen molar-refractivity contribution in [2.24, 2.45) is 29.1 Å². The minimum atomic E-state index is -2.02. The van der Waals surface area contributed by atoms with Gasteiger partial charge in [0, 0.05) is 13.0 Å². The lowest BCUT2D eigenvalue weighted by atomic mass is 9.60. The van der Waals surface area contributed by atoms with Crippen molar-refractivity contribution in [2.75, 3.05) is 6.54 Å². The highest BCUT2D eigenvalue weighted by Gasteiger charge is 2.53. The smallest absolute Gasteiger partial charge is 0.251 e. The summed E-state index contributed by atoms with van der Waals surface area (Å²) in [4.78, 5) is 12.5. The Labute approximate surface area is 283 Å². The van der Waals surface area contributed by atoms with E-state index in [9.17, 15) is 15.1 Å². The lowest BCUT2D eigenvalue weighted by Gasteiger charge is -2.46. The molecule has 0 aromatic rings. The number of hydrogen-bond donors (Lipinski definition) is 2. The maximum atomic E-state index is 12.5. The average Bonchev–Trinajstić information content (AvgIpc) is 3.45. The van der Waals surface area contributed by atoms with Gasteiger partial charge in [-0.3, -0.25) is 10.0 Å². The maximum Gasteiger partial charge on any atom is 0.251 e. The summed E-state index contributed by atoms with van der Waals surface area (Å²) in [7, 11) is -4.00. The Morgan fingerprint density at radius 3 is 2.17 bits per heavy atom. The van der Waals surface area contributed by atoms with Crippen molar-refractivity contribution in [1.29, 1.82) is 0 Å². The Bertz CT molecular complexity index is 1210. The lowest BCUT2D eigenvalue weighted by molar-refractivity contribution is -0.163. The zero-order valence-corrected chi connectivity index (χ0v) is 33.3. The predicted octanol–water partition coefficient (Wildman–Crippen LogP) is 9.42. The van der Waals surface area contributed by atoms with Crippen LogP contribution in [-0.4, -0.2) is 62.8 Å². The van der Waals surface area contributed by atoms with Crippen LogP contribution in [0, 0.1) is 29.1 Å². The molecule has 0 aromatic heterocycles. The summed E-state index contributed by atoms with van der Waals surface area (Å²) < 4.78 is 14.1. The summed E-state index contributed by atoms with van der Waals surface area (Å²) in [5.74, 6) is 0.00823. The highest BCUT2D eigenvalue weighted by molar-refractivity contribution is 6.74. The number of carbonyl (C=O) groups is 1. The zero-order valence-electron chi connectivity index (χ0n) is 31.3. The fourth-order valence-corrected chi connectivity index (χ4v) is 11.2. The number of fused-ring (bicyclic) bond motifs is 1. The second-order valence-electron chi connectivity index (χ2n) is 18.6. The highest BCUT2D eigenvalue weighted by atomic mass is 28.4. The molecule has 46 heavy (non-hydrogen) atoms. The number of aliphatic hydroxyl groups excluding tert-OH is 1. The molecule has 0 spiro atoms. The molecule has 8 atom stereocenters. The number of nitrogens with zero attached hydrogens (tertiary/aromatic N) is 1. The summed E-state index contributed by atoms with van der Waals surface area (Å²) in [5, 5.41) is 22.3. The van der Waals surface area contributed by atoms with Crippen molar-refractivity contribution >= 4 is 22.5 Å². The molecule has 4 aliphatic rings. The van der Waals surface area contributed by atoms with Gasteiger partial charge < -0.3 is 14.0 Å². The molecule has 0 radical (unpaired) electrons. The van der Waals surface area contributed by atoms with Crippen LogP contribution in [0.15, 0.2) is 35.5 Å². The van der Waals surface area contributed by atoms with Crippen LogP contribution in [0.2, 0.25) is 36.3 Å². The third-order valence-electron chi connectivity index (χ3n) is 13.6. The fraction of sp³-hybridized carbons (Fsp3) is 0.816. The molecule has 4 fully saturated rings. The second kappa shape index (κ2) is 13.4. The molecule has 3 aliphatic carbocycles. The van der Waals surface area contributed by atoms with Crippen LogP contribution in [0.5, 0.6) is 0 Å². The number of rotatable bonds is 8. The van der Waals surface area contributed by atoms with Gasteiger partial charge in [0.05, 0.1) is 24.2 Å². The zero-order chi connectivity index (χ0) is 34.6. The standard InChI is InChI=1S/C38H67NO5Si2/c1-25-28(23-29(43-45(10,11)36(3,4)5)24-33(25)44-46(12,13)37(6,7)8)17-16-27-15-14-21-38(9)31(18-19-32(27)38)26(2)34(40)30-20-22-39(42)35(30)41/h16-17,26,29-34,40,42H,1,14-15,18-24H2,2-13H3/b27-16+,28-17-/t26-,29+,30?,31+,32?,33-,34?,38+/m0/s1. The van der Waals surface area contributed by atoms with Gasteiger partial charge in [-0.2, -0.15) is 0 Å². The summed E-state index contributed by atoms with van der Waals surface area (Å²) >= 11 is 0. The number of carbonyl (C=O) groups excluding carboxylic acids is 1. The van der Waals surface area contributed by atoms with E-state index < -0.39 is 28.7 Å². The Morgan fingerprint density at radius 1 is 1.00 bits per heavy atom. The third kappa shape index (κ3) is 7.42. The molecule has 6 nitrogen and oxygen atoms in total. The van der Waals surface area contributed by atoms with Crippen LogP contribution in [-0.2, 0) is 13.6 Å². The number of aliphatic hydroxyl groups is 1. The van der Waals surface area contributed by atoms with E-state index in [1.165, 1.54) is 11.1 Å². The SMILES string of the molecule is C=C1/C(=C\C=C2/CCC[C@@]3(C)C2CC[C@@H]3[C@H](C)C(O)C2CCN(O)C2=O)C[C@@H](O[Si](C)(C)C(C)(C)C)C[C@@H]1O[Si](C)(C)C(C)(C)C. The van der Waals surface area contributed by atoms with E-state index in [4.69, 9.17) is 8.85 Å². The van der Waals surface area contributed by atoms with Crippen LogP contribution in [0.25, 0.3) is 0 Å². The molecule has 0 bridgehead atoms. The van der Waals surface area contributed by atoms with E-state index in [1.807, 2.05) is 0 Å². The molecular formula is C38H67NO5Si2. The van der Waals surface area contributed by atoms with Crippen molar-refractivity contribution in [3.8, 4) is 0 Å². The molecule has 262 valence electrons. The van der Waals surface area contributed by atoms with E-state index in [0.717, 1.165) is 55.6 Å². The van der Waals surface area contributed by atoms with E-state index in [0.29, 0.717) is 24.8 Å². The first-order valence-corrected chi connectivity index (χ1v) is 23.9. The third-order valence-corrected chi connectivity index (χ3v) is 22.6. The normalized spacial score (nSPS) is 34.8. The minimum absolute atomic E-state index is 0.00719. The van der Waals surface area contributed by atoms with Gasteiger partial charge in [0.15, 0.2) is 16.6 Å². The van der Waals surface area contributed by atoms with Gasteiger partial charge in [0.25, 0.3) is 5.91 Å². The predicted molar refractivity (Wildman–Crippen MR) is 194 cm³/mol. The van der Waals surface area contributed by atoms with Gasteiger partial charge in [-0.05, 0) is 116 Å². The van der Waals surface area contributed by atoms with Gasteiger partial charge >= 0.3 is 0 Å². The first-order chi connectivity index (χ1) is 21.0. The van der Waals surface area contributed by atoms with Crippen LogP contribution in [0.1, 0.15) is 107 Å².